The Morgan fingerprint density at radius 3 is 2.56 bits per heavy atom. The first kappa shape index (κ1) is 13.6. The van der Waals surface area contributed by atoms with Gasteiger partial charge in [0.1, 0.15) is 4.90 Å². The SMILES string of the molecule is CCNCc1scc(C)c1S(=O)(=O)NCC. The molecule has 6 heteroatoms. The predicted molar refractivity (Wildman–Crippen MR) is 67.3 cm³/mol. The summed E-state index contributed by atoms with van der Waals surface area (Å²) in [6.07, 6.45) is 0. The highest BCUT2D eigenvalue weighted by Gasteiger charge is 2.21. The van der Waals surface area contributed by atoms with Gasteiger partial charge >= 0.3 is 0 Å². The lowest BCUT2D eigenvalue weighted by atomic mass is 10.3. The van der Waals surface area contributed by atoms with Crippen molar-refractivity contribution in [3.63, 3.8) is 0 Å². The van der Waals surface area contributed by atoms with E-state index in [2.05, 4.69) is 10.0 Å². The minimum Gasteiger partial charge on any atom is -0.312 e. The van der Waals surface area contributed by atoms with Crippen LogP contribution in [0.4, 0.5) is 0 Å². The Labute approximate surface area is 101 Å². The van der Waals surface area contributed by atoms with Gasteiger partial charge in [-0.3, -0.25) is 0 Å². The van der Waals surface area contributed by atoms with Crippen molar-refractivity contribution in [3.8, 4) is 0 Å². The summed E-state index contributed by atoms with van der Waals surface area (Å²) < 4.78 is 26.5. The smallest absolute Gasteiger partial charge is 0.241 e. The van der Waals surface area contributed by atoms with Crippen LogP contribution < -0.4 is 10.0 Å². The molecule has 0 radical (unpaired) electrons. The van der Waals surface area contributed by atoms with E-state index < -0.39 is 10.0 Å². The van der Waals surface area contributed by atoms with Crippen molar-refractivity contribution in [2.24, 2.45) is 0 Å². The van der Waals surface area contributed by atoms with Gasteiger partial charge in [0, 0.05) is 18.0 Å². The van der Waals surface area contributed by atoms with Gasteiger partial charge < -0.3 is 5.32 Å². The second-order valence-corrected chi connectivity index (χ2v) is 6.12. The zero-order valence-electron chi connectivity index (χ0n) is 9.83. The van der Waals surface area contributed by atoms with Crippen LogP contribution in [-0.2, 0) is 16.6 Å². The minimum atomic E-state index is -3.34. The summed E-state index contributed by atoms with van der Waals surface area (Å²) in [6.45, 7) is 7.46. The lowest BCUT2D eigenvalue weighted by molar-refractivity contribution is 0.581. The van der Waals surface area contributed by atoms with E-state index in [9.17, 15) is 8.42 Å². The number of hydrogen-bond donors (Lipinski definition) is 2. The molecule has 0 saturated heterocycles. The van der Waals surface area contributed by atoms with Crippen LogP contribution in [0.3, 0.4) is 0 Å². The molecule has 0 fully saturated rings. The molecule has 16 heavy (non-hydrogen) atoms. The second kappa shape index (κ2) is 5.77. The van der Waals surface area contributed by atoms with E-state index in [1.54, 1.807) is 6.92 Å². The highest BCUT2D eigenvalue weighted by atomic mass is 32.2. The third-order valence-corrected chi connectivity index (χ3v) is 5.14. The first-order valence-corrected chi connectivity index (χ1v) is 7.66. The second-order valence-electron chi connectivity index (χ2n) is 3.45. The number of sulfonamides is 1. The van der Waals surface area contributed by atoms with Crippen molar-refractivity contribution < 1.29 is 8.42 Å². The van der Waals surface area contributed by atoms with Gasteiger partial charge in [-0.15, -0.1) is 11.3 Å². The normalized spacial score (nSPS) is 11.9. The number of nitrogens with one attached hydrogen (secondary N) is 2. The zero-order valence-corrected chi connectivity index (χ0v) is 11.5. The van der Waals surface area contributed by atoms with Crippen LogP contribution in [0.2, 0.25) is 0 Å². The van der Waals surface area contributed by atoms with Gasteiger partial charge in [-0.2, -0.15) is 0 Å². The van der Waals surface area contributed by atoms with E-state index >= 15 is 0 Å². The Hall–Kier alpha value is -0.430. The monoisotopic (exact) mass is 262 g/mol. The Balaban J connectivity index is 3.06. The minimum absolute atomic E-state index is 0.415. The van der Waals surface area contributed by atoms with Crippen molar-refractivity contribution in [2.45, 2.75) is 32.2 Å². The lowest BCUT2D eigenvalue weighted by Gasteiger charge is -2.07. The van der Waals surface area contributed by atoms with E-state index in [0.29, 0.717) is 18.0 Å². The number of aryl methyl sites for hydroxylation is 1. The molecule has 1 aromatic rings. The molecule has 0 aliphatic heterocycles. The maximum Gasteiger partial charge on any atom is 0.241 e. The summed E-state index contributed by atoms with van der Waals surface area (Å²) in [4.78, 5) is 1.32. The number of rotatable bonds is 6. The molecule has 4 nitrogen and oxygen atoms in total. The third-order valence-electron chi connectivity index (χ3n) is 2.13. The summed E-state index contributed by atoms with van der Waals surface area (Å²) in [6, 6.07) is 0. The van der Waals surface area contributed by atoms with Gasteiger partial charge in [0.05, 0.1) is 0 Å². The predicted octanol–water partition coefficient (Wildman–Crippen LogP) is 1.46. The van der Waals surface area contributed by atoms with Gasteiger partial charge in [-0.25, -0.2) is 13.1 Å². The first-order chi connectivity index (χ1) is 7.53. The Morgan fingerprint density at radius 2 is 2.00 bits per heavy atom. The molecule has 0 aromatic carbocycles. The van der Waals surface area contributed by atoms with Gasteiger partial charge in [-0.05, 0) is 24.4 Å². The molecule has 0 aliphatic rings. The van der Waals surface area contributed by atoms with E-state index in [1.807, 2.05) is 19.2 Å². The van der Waals surface area contributed by atoms with Crippen molar-refractivity contribution in [1.29, 1.82) is 0 Å². The molecule has 0 spiro atoms. The van der Waals surface area contributed by atoms with Gasteiger partial charge in [0.25, 0.3) is 0 Å². The molecule has 92 valence electrons. The van der Waals surface area contributed by atoms with E-state index in [0.717, 1.165) is 17.0 Å². The summed E-state index contributed by atoms with van der Waals surface area (Å²) in [5, 5.41) is 5.04. The fraction of sp³-hybridized carbons (Fsp3) is 0.600. The average molecular weight is 262 g/mol. The molecule has 0 amide bonds. The van der Waals surface area contributed by atoms with Crippen molar-refractivity contribution in [2.75, 3.05) is 13.1 Å². The maximum absolute atomic E-state index is 12.0. The van der Waals surface area contributed by atoms with Crippen molar-refractivity contribution in [3.05, 3.63) is 15.8 Å². The first-order valence-electron chi connectivity index (χ1n) is 5.30. The van der Waals surface area contributed by atoms with Crippen LogP contribution in [-0.4, -0.2) is 21.5 Å². The molecular formula is C10H18N2O2S2. The zero-order chi connectivity index (χ0) is 12.2. The van der Waals surface area contributed by atoms with Crippen LogP contribution in [0.1, 0.15) is 24.3 Å². The van der Waals surface area contributed by atoms with Crippen LogP contribution in [0, 0.1) is 6.92 Å². The van der Waals surface area contributed by atoms with Gasteiger partial charge in [-0.1, -0.05) is 13.8 Å². The topological polar surface area (TPSA) is 58.2 Å². The molecule has 2 N–H and O–H groups in total. The van der Waals surface area contributed by atoms with Crippen LogP contribution in [0.25, 0.3) is 0 Å². The molecule has 0 aliphatic carbocycles. The summed E-state index contributed by atoms with van der Waals surface area (Å²) in [5.41, 5.74) is 0.818. The van der Waals surface area contributed by atoms with E-state index in [1.165, 1.54) is 11.3 Å². The molecule has 0 unspecified atom stereocenters. The lowest BCUT2D eigenvalue weighted by Crippen LogP contribution is -2.25. The van der Waals surface area contributed by atoms with E-state index in [4.69, 9.17) is 0 Å². The maximum atomic E-state index is 12.0. The standard InChI is InChI=1S/C10H18N2O2S2/c1-4-11-6-9-10(8(3)7-15-9)16(13,14)12-5-2/h7,11-12H,4-6H2,1-3H3. The summed E-state index contributed by atoms with van der Waals surface area (Å²) >= 11 is 1.49. The summed E-state index contributed by atoms with van der Waals surface area (Å²) in [5.74, 6) is 0. The fourth-order valence-corrected chi connectivity index (χ4v) is 4.29. The number of thiophene rings is 1. The molecule has 1 heterocycles. The van der Waals surface area contributed by atoms with Gasteiger partial charge in [0.2, 0.25) is 10.0 Å². The summed E-state index contributed by atoms with van der Waals surface area (Å²) in [7, 11) is -3.34. The third kappa shape index (κ3) is 3.04. The Bertz CT molecular complexity index is 438. The molecule has 0 atom stereocenters. The quantitative estimate of drug-likeness (QED) is 0.816. The number of hydrogen-bond acceptors (Lipinski definition) is 4. The Kier molecular flexibility index (Phi) is 4.91. The fourth-order valence-electron chi connectivity index (χ4n) is 1.47. The molecule has 1 rings (SSSR count). The highest BCUT2D eigenvalue weighted by molar-refractivity contribution is 7.89. The van der Waals surface area contributed by atoms with Crippen LogP contribution in [0.5, 0.6) is 0 Å². The highest BCUT2D eigenvalue weighted by Crippen LogP contribution is 2.26. The largest absolute Gasteiger partial charge is 0.312 e. The molecule has 0 saturated carbocycles. The molecule has 0 bridgehead atoms. The van der Waals surface area contributed by atoms with Crippen molar-refractivity contribution in [1.82, 2.24) is 10.0 Å². The van der Waals surface area contributed by atoms with Crippen molar-refractivity contribution >= 4 is 21.4 Å². The Morgan fingerprint density at radius 1 is 1.31 bits per heavy atom. The van der Waals surface area contributed by atoms with Gasteiger partial charge in [0.15, 0.2) is 0 Å². The van der Waals surface area contributed by atoms with Crippen LogP contribution in [0.15, 0.2) is 10.3 Å². The molecular weight excluding hydrogens is 244 g/mol. The average Bonchev–Trinajstić information content (AvgIpc) is 2.57. The molecule has 1 aromatic heterocycles. The van der Waals surface area contributed by atoms with Crippen LogP contribution >= 0.6 is 11.3 Å². The van der Waals surface area contributed by atoms with E-state index in [-0.39, 0.29) is 0 Å².